The van der Waals surface area contributed by atoms with Crippen molar-refractivity contribution in [2.75, 3.05) is 6.54 Å². The lowest BCUT2D eigenvalue weighted by Crippen LogP contribution is -2.21. The first-order chi connectivity index (χ1) is 7.02. The van der Waals surface area contributed by atoms with Crippen molar-refractivity contribution in [2.45, 2.75) is 18.3 Å². The highest BCUT2D eigenvalue weighted by atomic mass is 79.9. The molecular weight excluding hydrogens is 268 g/mol. The first kappa shape index (κ1) is 10.8. The van der Waals surface area contributed by atoms with E-state index in [1.54, 1.807) is 0 Å². The van der Waals surface area contributed by atoms with Gasteiger partial charge in [-0.25, -0.2) is 4.39 Å². The van der Waals surface area contributed by atoms with E-state index in [1.807, 2.05) is 0 Å². The first-order valence-electron chi connectivity index (χ1n) is 4.59. The van der Waals surface area contributed by atoms with Crippen molar-refractivity contribution in [3.63, 3.8) is 0 Å². The molecule has 5 heteroatoms. The minimum atomic E-state index is -1.21. The summed E-state index contributed by atoms with van der Waals surface area (Å²) in [5.74, 6) is -2.89. The zero-order valence-electron chi connectivity index (χ0n) is 7.86. The van der Waals surface area contributed by atoms with Gasteiger partial charge in [0.1, 0.15) is 0 Å². The Bertz CT molecular complexity index is 418. The molecule has 82 valence electrons. The molecule has 0 unspecified atom stereocenters. The van der Waals surface area contributed by atoms with Crippen LogP contribution in [0.3, 0.4) is 0 Å². The van der Waals surface area contributed by atoms with E-state index in [1.165, 1.54) is 6.07 Å². The zero-order chi connectivity index (χ0) is 11.2. The predicted molar refractivity (Wildman–Crippen MR) is 55.7 cm³/mol. The molecule has 3 N–H and O–H groups in total. The van der Waals surface area contributed by atoms with Crippen LogP contribution < -0.4 is 5.73 Å². The molecule has 0 atom stereocenters. The third-order valence-corrected chi connectivity index (χ3v) is 3.55. The van der Waals surface area contributed by atoms with Crippen molar-refractivity contribution < 1.29 is 13.9 Å². The number of halogens is 3. The number of hydrogen-bond acceptors (Lipinski definition) is 2. The Labute approximate surface area is 94.2 Å². The van der Waals surface area contributed by atoms with Crippen LogP contribution in [-0.2, 0) is 5.41 Å². The molecule has 0 amide bonds. The lowest BCUT2D eigenvalue weighted by Gasteiger charge is -2.15. The molecule has 1 saturated carbocycles. The minimum absolute atomic E-state index is 0.163. The van der Waals surface area contributed by atoms with Crippen LogP contribution in [0, 0.1) is 11.6 Å². The molecule has 15 heavy (non-hydrogen) atoms. The zero-order valence-corrected chi connectivity index (χ0v) is 9.44. The number of hydrogen-bond donors (Lipinski definition) is 2. The summed E-state index contributed by atoms with van der Waals surface area (Å²) in [5.41, 5.74) is 5.37. The molecule has 0 aromatic heterocycles. The number of phenols is 1. The molecule has 1 aliphatic carbocycles. The highest BCUT2D eigenvalue weighted by Gasteiger charge is 2.45. The second kappa shape index (κ2) is 3.42. The van der Waals surface area contributed by atoms with Crippen LogP contribution in [0.25, 0.3) is 0 Å². The molecule has 2 nitrogen and oxygen atoms in total. The Hall–Kier alpha value is -0.680. The third-order valence-electron chi connectivity index (χ3n) is 2.95. The summed E-state index contributed by atoms with van der Waals surface area (Å²) < 4.78 is 27.0. The predicted octanol–water partition coefficient (Wildman–Crippen LogP) is 2.42. The van der Waals surface area contributed by atoms with Gasteiger partial charge in [-0.3, -0.25) is 0 Å². The average Bonchev–Trinajstić information content (AvgIpc) is 3.01. The van der Waals surface area contributed by atoms with Gasteiger partial charge in [-0.05, 0) is 40.4 Å². The van der Waals surface area contributed by atoms with Crippen molar-refractivity contribution in [3.05, 3.63) is 27.7 Å². The third kappa shape index (κ3) is 1.54. The molecule has 0 bridgehead atoms. The van der Waals surface area contributed by atoms with Gasteiger partial charge in [0.25, 0.3) is 0 Å². The van der Waals surface area contributed by atoms with E-state index in [4.69, 9.17) is 5.73 Å². The van der Waals surface area contributed by atoms with Gasteiger partial charge in [0.2, 0.25) is 5.82 Å². The van der Waals surface area contributed by atoms with E-state index in [2.05, 4.69) is 15.9 Å². The van der Waals surface area contributed by atoms with E-state index in [0.717, 1.165) is 12.8 Å². The highest BCUT2D eigenvalue weighted by Crippen LogP contribution is 2.50. The number of aromatic hydroxyl groups is 1. The van der Waals surface area contributed by atoms with Crippen LogP contribution in [0.2, 0.25) is 0 Å². The fraction of sp³-hybridized carbons (Fsp3) is 0.400. The summed E-state index contributed by atoms with van der Waals surface area (Å²) in [6.45, 7) is 0.292. The van der Waals surface area contributed by atoms with Gasteiger partial charge >= 0.3 is 0 Å². The minimum Gasteiger partial charge on any atom is -0.504 e. The van der Waals surface area contributed by atoms with Gasteiger partial charge in [-0.2, -0.15) is 4.39 Å². The largest absolute Gasteiger partial charge is 0.504 e. The molecule has 1 aromatic carbocycles. The second-order valence-electron chi connectivity index (χ2n) is 3.87. The molecule has 0 saturated heterocycles. The number of phenolic OH excluding ortho intramolecular Hbond substituents is 1. The maximum atomic E-state index is 13.6. The SMILES string of the molecule is NCC1(c2cc(Br)c(O)c(F)c2F)CC1. The topological polar surface area (TPSA) is 46.2 Å². The Morgan fingerprint density at radius 3 is 2.47 bits per heavy atom. The van der Waals surface area contributed by atoms with Crippen LogP contribution in [0.1, 0.15) is 18.4 Å². The average molecular weight is 278 g/mol. The summed E-state index contributed by atoms with van der Waals surface area (Å²) in [4.78, 5) is 0. The smallest absolute Gasteiger partial charge is 0.201 e. The van der Waals surface area contributed by atoms with Crippen molar-refractivity contribution >= 4 is 15.9 Å². The van der Waals surface area contributed by atoms with Gasteiger partial charge in [-0.1, -0.05) is 0 Å². The summed E-state index contributed by atoms with van der Waals surface area (Å²) >= 11 is 2.98. The molecule has 0 spiro atoms. The van der Waals surface area contributed by atoms with Gasteiger partial charge in [0, 0.05) is 12.0 Å². The quantitative estimate of drug-likeness (QED) is 0.816. The Kier molecular flexibility index (Phi) is 2.47. The van der Waals surface area contributed by atoms with Crippen LogP contribution >= 0.6 is 15.9 Å². The van der Waals surface area contributed by atoms with Crippen LogP contribution in [0.5, 0.6) is 5.75 Å². The molecule has 0 heterocycles. The fourth-order valence-corrected chi connectivity index (χ4v) is 2.11. The summed E-state index contributed by atoms with van der Waals surface area (Å²) in [7, 11) is 0. The number of nitrogens with two attached hydrogens (primary N) is 1. The lowest BCUT2D eigenvalue weighted by molar-refractivity contribution is 0.397. The maximum absolute atomic E-state index is 13.6. The Balaban J connectivity index is 2.58. The van der Waals surface area contributed by atoms with E-state index >= 15 is 0 Å². The molecule has 2 rings (SSSR count). The van der Waals surface area contributed by atoms with Gasteiger partial charge in [0.05, 0.1) is 4.47 Å². The molecule has 1 fully saturated rings. The lowest BCUT2D eigenvalue weighted by atomic mass is 9.95. The van der Waals surface area contributed by atoms with Crippen molar-refractivity contribution in [2.24, 2.45) is 5.73 Å². The van der Waals surface area contributed by atoms with Crippen molar-refractivity contribution in [3.8, 4) is 5.75 Å². The van der Waals surface area contributed by atoms with E-state index in [-0.39, 0.29) is 10.0 Å². The van der Waals surface area contributed by atoms with Crippen LogP contribution in [0.4, 0.5) is 8.78 Å². The highest BCUT2D eigenvalue weighted by molar-refractivity contribution is 9.10. The van der Waals surface area contributed by atoms with Crippen molar-refractivity contribution in [1.29, 1.82) is 0 Å². The maximum Gasteiger partial charge on any atom is 0.201 e. The normalized spacial score (nSPS) is 17.9. The Morgan fingerprint density at radius 1 is 1.40 bits per heavy atom. The van der Waals surface area contributed by atoms with Gasteiger partial charge in [-0.15, -0.1) is 0 Å². The standard InChI is InChI=1S/C10H10BrF2NO/c11-6-3-5(10(4-14)1-2-10)7(12)8(13)9(6)15/h3,15H,1-2,4,14H2. The van der Waals surface area contributed by atoms with E-state index < -0.39 is 22.8 Å². The summed E-state index contributed by atoms with van der Waals surface area (Å²) in [6, 6.07) is 1.41. The summed E-state index contributed by atoms with van der Waals surface area (Å²) in [6.07, 6.45) is 1.52. The fourth-order valence-electron chi connectivity index (χ4n) is 1.71. The van der Waals surface area contributed by atoms with Gasteiger partial charge in [0.15, 0.2) is 11.6 Å². The molecule has 1 aliphatic rings. The molecule has 0 radical (unpaired) electrons. The first-order valence-corrected chi connectivity index (χ1v) is 5.38. The Morgan fingerprint density at radius 2 is 2.00 bits per heavy atom. The second-order valence-corrected chi connectivity index (χ2v) is 4.72. The summed E-state index contributed by atoms with van der Waals surface area (Å²) in [5, 5.41) is 9.18. The molecular formula is C10H10BrF2NO. The van der Waals surface area contributed by atoms with Gasteiger partial charge < -0.3 is 10.8 Å². The number of rotatable bonds is 2. The monoisotopic (exact) mass is 277 g/mol. The number of benzene rings is 1. The van der Waals surface area contributed by atoms with Crippen molar-refractivity contribution in [1.82, 2.24) is 0 Å². The molecule has 1 aromatic rings. The molecule has 0 aliphatic heterocycles. The van der Waals surface area contributed by atoms with E-state index in [0.29, 0.717) is 6.54 Å². The van der Waals surface area contributed by atoms with Crippen LogP contribution in [0.15, 0.2) is 10.5 Å². The van der Waals surface area contributed by atoms with E-state index in [9.17, 15) is 13.9 Å². The van der Waals surface area contributed by atoms with Crippen LogP contribution in [-0.4, -0.2) is 11.7 Å².